The van der Waals surface area contributed by atoms with Crippen LogP contribution in [0.4, 0.5) is 0 Å². The Balaban J connectivity index is 2.21. The summed E-state index contributed by atoms with van der Waals surface area (Å²) in [4.78, 5) is 15.1. The molecule has 0 atom stereocenters. The van der Waals surface area contributed by atoms with Crippen molar-refractivity contribution in [2.45, 2.75) is 0 Å². The van der Waals surface area contributed by atoms with Crippen molar-refractivity contribution in [3.8, 4) is 11.4 Å². The highest BCUT2D eigenvalue weighted by Crippen LogP contribution is 2.23. The summed E-state index contributed by atoms with van der Waals surface area (Å²) in [5.41, 5.74) is 2.43. The van der Waals surface area contributed by atoms with Gasteiger partial charge in [0.15, 0.2) is 0 Å². The first-order chi connectivity index (χ1) is 9.75. The van der Waals surface area contributed by atoms with Gasteiger partial charge in [0.25, 0.3) is 0 Å². The van der Waals surface area contributed by atoms with Crippen LogP contribution in [0, 0.1) is 0 Å². The van der Waals surface area contributed by atoms with Crippen molar-refractivity contribution in [1.82, 2.24) is 9.38 Å². The number of fused-ring (bicyclic) bond motifs is 1. The van der Waals surface area contributed by atoms with E-state index in [2.05, 4.69) is 4.98 Å². The molecule has 2 aromatic heterocycles. The Labute approximate surface area is 115 Å². The average molecular weight is 263 g/mol. The highest BCUT2D eigenvalue weighted by atomic mass is 16.4. The maximum absolute atomic E-state index is 10.6. The van der Waals surface area contributed by atoms with E-state index in [0.29, 0.717) is 5.69 Å². The number of aromatic nitrogens is 2. The molecule has 3 rings (SSSR count). The van der Waals surface area contributed by atoms with Gasteiger partial charge in [-0.2, -0.15) is 0 Å². The molecule has 0 fully saturated rings. The van der Waals surface area contributed by atoms with Gasteiger partial charge >= 0.3 is 0 Å². The number of imidazole rings is 1. The number of rotatable bonds is 3. The van der Waals surface area contributed by atoms with E-state index in [1.165, 1.54) is 6.08 Å². The SMILES string of the molecule is O=C([O-])/C=C/c1nc(-c2ccccc2)n2ccccc12. The predicted octanol–water partition coefficient (Wildman–Crippen LogP) is 1.76. The maximum atomic E-state index is 10.6. The molecule has 0 N–H and O–H groups in total. The van der Waals surface area contributed by atoms with Crippen LogP contribution in [0.5, 0.6) is 0 Å². The van der Waals surface area contributed by atoms with Gasteiger partial charge in [-0.1, -0.05) is 36.4 Å². The minimum Gasteiger partial charge on any atom is -0.545 e. The van der Waals surface area contributed by atoms with Crippen molar-refractivity contribution in [3.05, 3.63) is 66.5 Å². The van der Waals surface area contributed by atoms with Gasteiger partial charge in [0.05, 0.1) is 17.2 Å². The number of hydrogen-bond acceptors (Lipinski definition) is 3. The number of hydrogen-bond donors (Lipinski definition) is 0. The van der Waals surface area contributed by atoms with Gasteiger partial charge in [-0.15, -0.1) is 0 Å². The first-order valence-electron chi connectivity index (χ1n) is 6.17. The lowest BCUT2D eigenvalue weighted by atomic mass is 10.2. The molecule has 0 saturated heterocycles. The van der Waals surface area contributed by atoms with Crippen LogP contribution in [0.3, 0.4) is 0 Å². The van der Waals surface area contributed by atoms with E-state index >= 15 is 0 Å². The van der Waals surface area contributed by atoms with Crippen LogP contribution >= 0.6 is 0 Å². The molecule has 0 bridgehead atoms. The second-order valence-electron chi connectivity index (χ2n) is 4.29. The number of carboxylic acid groups (broad SMARTS) is 1. The smallest absolute Gasteiger partial charge is 0.145 e. The van der Waals surface area contributed by atoms with Crippen LogP contribution in [0.2, 0.25) is 0 Å². The zero-order valence-electron chi connectivity index (χ0n) is 10.6. The Morgan fingerprint density at radius 2 is 1.85 bits per heavy atom. The van der Waals surface area contributed by atoms with E-state index < -0.39 is 5.97 Å². The fourth-order valence-corrected chi connectivity index (χ4v) is 2.12. The van der Waals surface area contributed by atoms with E-state index in [1.54, 1.807) is 0 Å². The van der Waals surface area contributed by atoms with Crippen molar-refractivity contribution in [2.75, 3.05) is 0 Å². The standard InChI is InChI=1S/C16H12N2O2/c19-15(20)10-9-13-14-8-4-5-11-18(14)16(17-13)12-6-2-1-3-7-12/h1-11H,(H,19,20)/p-1/b10-9+. The fraction of sp³-hybridized carbons (Fsp3) is 0. The third-order valence-corrected chi connectivity index (χ3v) is 2.99. The monoisotopic (exact) mass is 263 g/mol. The molecule has 0 spiro atoms. The van der Waals surface area contributed by atoms with Crippen LogP contribution in [-0.4, -0.2) is 15.4 Å². The molecule has 4 heteroatoms. The molecular weight excluding hydrogens is 252 g/mol. The topological polar surface area (TPSA) is 57.4 Å². The number of aliphatic carboxylic acids is 1. The molecular formula is C16H11N2O2-. The molecule has 0 aliphatic carbocycles. The van der Waals surface area contributed by atoms with E-state index in [1.807, 2.05) is 59.1 Å². The Hall–Kier alpha value is -2.88. The molecule has 1 aromatic carbocycles. The predicted molar refractivity (Wildman–Crippen MR) is 74.7 cm³/mol. The van der Waals surface area contributed by atoms with Crippen molar-refractivity contribution in [3.63, 3.8) is 0 Å². The molecule has 0 radical (unpaired) electrons. The third kappa shape index (κ3) is 2.19. The molecule has 0 amide bonds. The highest BCUT2D eigenvalue weighted by Gasteiger charge is 2.09. The summed E-state index contributed by atoms with van der Waals surface area (Å²) < 4.78 is 1.93. The second-order valence-corrected chi connectivity index (χ2v) is 4.29. The van der Waals surface area contributed by atoms with Gasteiger partial charge in [0.2, 0.25) is 0 Å². The summed E-state index contributed by atoms with van der Waals surface area (Å²) in [6.07, 6.45) is 4.35. The number of pyridine rings is 1. The molecule has 4 nitrogen and oxygen atoms in total. The molecule has 0 unspecified atom stereocenters. The molecule has 20 heavy (non-hydrogen) atoms. The molecule has 0 saturated carbocycles. The molecule has 0 aliphatic heterocycles. The maximum Gasteiger partial charge on any atom is 0.145 e. The highest BCUT2D eigenvalue weighted by molar-refractivity contribution is 5.86. The Bertz CT molecular complexity index is 789. The Morgan fingerprint density at radius 1 is 1.10 bits per heavy atom. The van der Waals surface area contributed by atoms with Crippen LogP contribution in [0.15, 0.2) is 60.8 Å². The van der Waals surface area contributed by atoms with Crippen molar-refractivity contribution < 1.29 is 9.90 Å². The van der Waals surface area contributed by atoms with E-state index in [9.17, 15) is 9.90 Å². The third-order valence-electron chi connectivity index (χ3n) is 2.99. The van der Waals surface area contributed by atoms with Crippen LogP contribution in [0.1, 0.15) is 5.69 Å². The van der Waals surface area contributed by atoms with Gasteiger partial charge in [-0.05, 0) is 24.3 Å². The Morgan fingerprint density at radius 3 is 2.60 bits per heavy atom. The second kappa shape index (κ2) is 5.01. The summed E-state index contributed by atoms with van der Waals surface area (Å²) >= 11 is 0. The summed E-state index contributed by atoms with van der Waals surface area (Å²) in [5.74, 6) is -0.456. The lowest BCUT2D eigenvalue weighted by Crippen LogP contribution is -2.18. The summed E-state index contributed by atoms with van der Waals surface area (Å²) in [7, 11) is 0. The average Bonchev–Trinajstić information content (AvgIpc) is 2.85. The van der Waals surface area contributed by atoms with Gasteiger partial charge in [0.1, 0.15) is 5.82 Å². The largest absolute Gasteiger partial charge is 0.545 e. The van der Waals surface area contributed by atoms with Gasteiger partial charge in [-0.3, -0.25) is 4.40 Å². The molecule has 2 heterocycles. The van der Waals surface area contributed by atoms with Crippen molar-refractivity contribution >= 4 is 17.6 Å². The van der Waals surface area contributed by atoms with E-state index in [4.69, 9.17) is 0 Å². The summed E-state index contributed by atoms with van der Waals surface area (Å²) in [6.45, 7) is 0. The van der Waals surface area contributed by atoms with Gasteiger partial charge in [0, 0.05) is 11.8 Å². The number of carbonyl (C=O) groups is 1. The zero-order chi connectivity index (χ0) is 13.9. The number of benzene rings is 1. The van der Waals surface area contributed by atoms with Crippen LogP contribution in [0.25, 0.3) is 23.0 Å². The van der Waals surface area contributed by atoms with Crippen LogP contribution < -0.4 is 5.11 Å². The van der Waals surface area contributed by atoms with E-state index in [-0.39, 0.29) is 0 Å². The van der Waals surface area contributed by atoms with Crippen LogP contribution in [-0.2, 0) is 4.79 Å². The molecule has 98 valence electrons. The summed E-state index contributed by atoms with van der Waals surface area (Å²) in [6, 6.07) is 15.5. The van der Waals surface area contributed by atoms with E-state index in [0.717, 1.165) is 23.0 Å². The van der Waals surface area contributed by atoms with Crippen molar-refractivity contribution in [1.29, 1.82) is 0 Å². The minimum absolute atomic E-state index is 0.605. The number of nitrogens with zero attached hydrogens (tertiary/aromatic N) is 2. The van der Waals surface area contributed by atoms with Gasteiger partial charge < -0.3 is 9.90 Å². The number of carboxylic acids is 1. The zero-order valence-corrected chi connectivity index (χ0v) is 10.6. The van der Waals surface area contributed by atoms with Crippen molar-refractivity contribution in [2.24, 2.45) is 0 Å². The van der Waals surface area contributed by atoms with Gasteiger partial charge in [-0.25, -0.2) is 4.98 Å². The lowest BCUT2D eigenvalue weighted by molar-refractivity contribution is -0.297. The normalized spacial score (nSPS) is 11.2. The first-order valence-corrected chi connectivity index (χ1v) is 6.17. The molecule has 0 aliphatic rings. The molecule has 3 aromatic rings. The first kappa shape index (κ1) is 12.2. The Kier molecular flexibility index (Phi) is 3.05. The minimum atomic E-state index is -1.23. The quantitative estimate of drug-likeness (QED) is 0.677. The number of carbonyl (C=O) groups excluding carboxylic acids is 1. The summed E-state index contributed by atoms with van der Waals surface area (Å²) in [5, 5.41) is 10.6. The fourth-order valence-electron chi connectivity index (χ4n) is 2.12. The lowest BCUT2D eigenvalue weighted by Gasteiger charge is -1.99.